The Morgan fingerprint density at radius 2 is 1.96 bits per heavy atom. The van der Waals surface area contributed by atoms with E-state index in [4.69, 9.17) is 4.52 Å². The molecule has 144 valence electrons. The largest absolute Gasteiger partial charge is 0.339 e. The predicted molar refractivity (Wildman–Crippen MR) is 99.1 cm³/mol. The number of carbonyl (C=O) groups is 1. The maximum absolute atomic E-state index is 12.9. The number of amides is 1. The summed E-state index contributed by atoms with van der Waals surface area (Å²) in [4.78, 5) is 19.0. The summed E-state index contributed by atoms with van der Waals surface area (Å²) in [6.07, 6.45) is 2.42. The van der Waals surface area contributed by atoms with Gasteiger partial charge in [0.05, 0.1) is 17.4 Å². The Hall–Kier alpha value is -2.42. The van der Waals surface area contributed by atoms with E-state index in [-0.39, 0.29) is 17.6 Å². The summed E-state index contributed by atoms with van der Waals surface area (Å²) < 4.78 is 30.7. The van der Waals surface area contributed by atoms with E-state index in [9.17, 15) is 13.2 Å². The number of anilines is 1. The van der Waals surface area contributed by atoms with Crippen LogP contribution in [0.5, 0.6) is 0 Å². The van der Waals surface area contributed by atoms with Crippen molar-refractivity contribution in [2.75, 3.05) is 29.7 Å². The van der Waals surface area contributed by atoms with Gasteiger partial charge in [-0.3, -0.25) is 9.10 Å². The van der Waals surface area contributed by atoms with Crippen molar-refractivity contribution < 1.29 is 17.7 Å². The highest BCUT2D eigenvalue weighted by atomic mass is 32.2. The van der Waals surface area contributed by atoms with Gasteiger partial charge in [-0.2, -0.15) is 4.98 Å². The van der Waals surface area contributed by atoms with Crippen LogP contribution in [-0.2, 0) is 10.0 Å². The summed E-state index contributed by atoms with van der Waals surface area (Å²) in [7, 11) is -3.21. The Morgan fingerprint density at radius 3 is 2.59 bits per heavy atom. The number of hydrogen-bond acceptors (Lipinski definition) is 6. The van der Waals surface area contributed by atoms with Gasteiger partial charge in [0, 0.05) is 25.2 Å². The Kier molecular flexibility index (Phi) is 4.63. The lowest BCUT2D eigenvalue weighted by Gasteiger charge is -2.31. The molecule has 27 heavy (non-hydrogen) atoms. The van der Waals surface area contributed by atoms with Gasteiger partial charge < -0.3 is 9.42 Å². The topological polar surface area (TPSA) is 96.6 Å². The van der Waals surface area contributed by atoms with Crippen LogP contribution in [0.25, 0.3) is 0 Å². The van der Waals surface area contributed by atoms with Gasteiger partial charge in [-0.1, -0.05) is 5.16 Å². The quantitative estimate of drug-likeness (QED) is 0.795. The fraction of sp³-hybridized carbons (Fsp3) is 0.500. The second-order valence-electron chi connectivity index (χ2n) is 7.06. The van der Waals surface area contributed by atoms with Crippen LogP contribution in [0.3, 0.4) is 0 Å². The Morgan fingerprint density at radius 1 is 1.19 bits per heavy atom. The highest BCUT2D eigenvalue weighted by Gasteiger charge is 2.30. The number of benzene rings is 1. The molecule has 1 amide bonds. The lowest BCUT2D eigenvalue weighted by Crippen LogP contribution is -2.39. The summed E-state index contributed by atoms with van der Waals surface area (Å²) in [5, 5.41) is 3.84. The van der Waals surface area contributed by atoms with Crippen LogP contribution >= 0.6 is 0 Å². The molecule has 8 nitrogen and oxygen atoms in total. The number of rotatable bonds is 3. The number of likely N-dealkylation sites (tertiary alicyclic amines) is 1. The molecule has 0 bridgehead atoms. The van der Waals surface area contributed by atoms with E-state index in [1.807, 2.05) is 0 Å². The first-order valence-electron chi connectivity index (χ1n) is 9.14. The lowest BCUT2D eigenvalue weighted by molar-refractivity contribution is 0.0695. The van der Waals surface area contributed by atoms with E-state index in [0.717, 1.165) is 12.8 Å². The number of nitrogens with zero attached hydrogens (tertiary/aromatic N) is 4. The third-order valence-electron chi connectivity index (χ3n) is 5.10. The molecule has 1 aromatic heterocycles. The summed E-state index contributed by atoms with van der Waals surface area (Å²) in [5.74, 6) is 1.35. The molecule has 0 N–H and O–H groups in total. The Balaban J connectivity index is 1.47. The van der Waals surface area contributed by atoms with Crippen molar-refractivity contribution in [1.82, 2.24) is 15.0 Å². The van der Waals surface area contributed by atoms with Gasteiger partial charge in [0.15, 0.2) is 5.82 Å². The molecule has 9 heteroatoms. The minimum atomic E-state index is -3.21. The zero-order chi connectivity index (χ0) is 19.0. The first-order chi connectivity index (χ1) is 12.9. The van der Waals surface area contributed by atoms with Gasteiger partial charge >= 0.3 is 0 Å². The van der Waals surface area contributed by atoms with E-state index >= 15 is 0 Å². The average molecular weight is 390 g/mol. The number of sulfonamides is 1. The summed E-state index contributed by atoms with van der Waals surface area (Å²) in [6.45, 7) is 3.50. The molecule has 2 aromatic rings. The first-order valence-corrected chi connectivity index (χ1v) is 10.7. The molecule has 0 spiro atoms. The van der Waals surface area contributed by atoms with Crippen LogP contribution in [0.2, 0.25) is 0 Å². The molecule has 2 aliphatic rings. The maximum atomic E-state index is 12.9. The number of hydrogen-bond donors (Lipinski definition) is 0. The van der Waals surface area contributed by atoms with Crippen molar-refractivity contribution in [2.45, 2.75) is 32.1 Å². The van der Waals surface area contributed by atoms with Gasteiger partial charge in [0.1, 0.15) is 0 Å². The maximum Gasteiger partial charge on any atom is 0.253 e. The smallest absolute Gasteiger partial charge is 0.253 e. The molecule has 1 unspecified atom stereocenters. The van der Waals surface area contributed by atoms with Gasteiger partial charge in [0.25, 0.3) is 5.91 Å². The highest BCUT2D eigenvalue weighted by molar-refractivity contribution is 7.93. The number of aromatic nitrogens is 2. The van der Waals surface area contributed by atoms with Crippen LogP contribution < -0.4 is 4.31 Å². The second-order valence-corrected chi connectivity index (χ2v) is 9.07. The van der Waals surface area contributed by atoms with Gasteiger partial charge in [-0.25, -0.2) is 8.42 Å². The molecule has 0 saturated carbocycles. The molecule has 1 aromatic carbocycles. The van der Waals surface area contributed by atoms with Crippen LogP contribution in [0.15, 0.2) is 28.8 Å². The third-order valence-corrected chi connectivity index (χ3v) is 6.97. The molecule has 2 aliphatic heterocycles. The zero-order valence-electron chi connectivity index (χ0n) is 15.2. The van der Waals surface area contributed by atoms with Crippen LogP contribution in [0.4, 0.5) is 5.69 Å². The lowest BCUT2D eigenvalue weighted by atomic mass is 9.97. The van der Waals surface area contributed by atoms with Crippen molar-refractivity contribution in [3.8, 4) is 0 Å². The van der Waals surface area contributed by atoms with Crippen molar-refractivity contribution >= 4 is 21.6 Å². The van der Waals surface area contributed by atoms with Crippen LogP contribution in [0.1, 0.15) is 47.3 Å². The van der Waals surface area contributed by atoms with Crippen molar-refractivity contribution in [2.24, 2.45) is 0 Å². The summed E-state index contributed by atoms with van der Waals surface area (Å²) >= 11 is 0. The molecule has 3 heterocycles. The standard InChI is InChI=1S/C18H22N4O4S/c1-13-19-17(26-20-13)15-4-2-9-21(12-15)18(23)14-5-7-16(8-6-14)22-10-3-11-27(22,24)25/h5-8,15H,2-4,9-12H2,1H3. The van der Waals surface area contributed by atoms with Crippen LogP contribution in [0, 0.1) is 6.92 Å². The minimum absolute atomic E-state index is 0.0536. The van der Waals surface area contributed by atoms with Crippen molar-refractivity contribution in [3.05, 3.63) is 41.5 Å². The normalized spacial score (nSPS) is 22.2. The number of aryl methyl sites for hydroxylation is 1. The minimum Gasteiger partial charge on any atom is -0.339 e. The summed E-state index contributed by atoms with van der Waals surface area (Å²) in [5.41, 5.74) is 1.17. The van der Waals surface area contributed by atoms with Gasteiger partial charge in [-0.05, 0) is 50.5 Å². The molecule has 0 aliphatic carbocycles. The monoisotopic (exact) mass is 390 g/mol. The Labute approximate surface area is 158 Å². The molecular formula is C18H22N4O4S. The number of carbonyl (C=O) groups excluding carboxylic acids is 1. The van der Waals surface area contributed by atoms with Gasteiger partial charge in [0.2, 0.25) is 15.9 Å². The SMILES string of the molecule is Cc1noc(C2CCCN(C(=O)c3ccc(N4CCCS4(=O)=O)cc3)C2)n1. The molecule has 1 atom stereocenters. The highest BCUT2D eigenvalue weighted by Crippen LogP contribution is 2.28. The third kappa shape index (κ3) is 3.55. The first kappa shape index (κ1) is 18.0. The van der Waals surface area contributed by atoms with E-state index in [0.29, 0.717) is 49.0 Å². The van der Waals surface area contributed by atoms with Crippen molar-refractivity contribution in [1.29, 1.82) is 0 Å². The van der Waals surface area contributed by atoms with E-state index < -0.39 is 10.0 Å². The molecule has 2 saturated heterocycles. The second kappa shape index (κ2) is 6.95. The fourth-order valence-corrected chi connectivity index (χ4v) is 5.29. The molecule has 4 rings (SSSR count). The average Bonchev–Trinajstić information content (AvgIpc) is 3.26. The van der Waals surface area contributed by atoms with E-state index in [2.05, 4.69) is 10.1 Å². The predicted octanol–water partition coefficient (Wildman–Crippen LogP) is 1.94. The summed E-state index contributed by atoms with van der Waals surface area (Å²) in [6, 6.07) is 6.82. The zero-order valence-corrected chi connectivity index (χ0v) is 16.0. The fourth-order valence-electron chi connectivity index (χ4n) is 3.72. The molecule has 2 fully saturated rings. The van der Waals surface area contributed by atoms with Crippen LogP contribution in [-0.4, -0.2) is 54.8 Å². The Bertz CT molecular complexity index is 939. The number of piperidine rings is 1. The van der Waals surface area contributed by atoms with Crippen molar-refractivity contribution in [3.63, 3.8) is 0 Å². The van der Waals surface area contributed by atoms with E-state index in [1.165, 1.54) is 4.31 Å². The molecule has 0 radical (unpaired) electrons. The van der Waals surface area contributed by atoms with E-state index in [1.54, 1.807) is 36.1 Å². The molecular weight excluding hydrogens is 368 g/mol. The van der Waals surface area contributed by atoms with Gasteiger partial charge in [-0.15, -0.1) is 0 Å².